The second-order valence-corrected chi connectivity index (χ2v) is 21.0. The van der Waals surface area contributed by atoms with Gasteiger partial charge in [0.05, 0.1) is 12.2 Å². The van der Waals surface area contributed by atoms with Crippen molar-refractivity contribution in [3.8, 4) is 0 Å². The van der Waals surface area contributed by atoms with Gasteiger partial charge >= 0.3 is 0 Å². The Bertz CT molecular complexity index is 1120. The van der Waals surface area contributed by atoms with Gasteiger partial charge in [-0.25, -0.2) is 0 Å². The third-order valence-electron chi connectivity index (χ3n) is 14.1. The van der Waals surface area contributed by atoms with Gasteiger partial charge < -0.3 is 71.9 Å². The molecule has 0 aromatic carbocycles. The van der Waals surface area contributed by atoms with Crippen molar-refractivity contribution in [1.82, 2.24) is 9.80 Å². The maximum Gasteiger partial charge on any atom is 0.148 e. The number of piperidine rings is 4. The zero-order valence-electron chi connectivity index (χ0n) is 46.6. The van der Waals surface area contributed by atoms with Crippen molar-refractivity contribution >= 4 is 12.4 Å². The first-order valence-electron chi connectivity index (χ1n) is 27.9. The fourth-order valence-corrected chi connectivity index (χ4v) is 11.1. The molecule has 19 heteroatoms. The molecule has 73 heavy (non-hydrogen) atoms. The van der Waals surface area contributed by atoms with Gasteiger partial charge in [0.15, 0.2) is 0 Å². The van der Waals surface area contributed by atoms with Gasteiger partial charge in [0, 0.05) is 114 Å². The van der Waals surface area contributed by atoms with E-state index in [0.29, 0.717) is 47.8 Å². The number of hydrogen-bond donors (Lipinski definition) is 8. The molecule has 4 heterocycles. The zero-order valence-corrected chi connectivity index (χ0v) is 49.5. The van der Waals surface area contributed by atoms with Gasteiger partial charge in [0.25, 0.3) is 0 Å². The molecular formula is C54H108N8Ni3O8-4. The van der Waals surface area contributed by atoms with Crippen LogP contribution in [-0.4, -0.2) is 205 Å². The van der Waals surface area contributed by atoms with Crippen LogP contribution in [0.25, 0.3) is 21.3 Å². The third kappa shape index (κ3) is 36.9. The third-order valence-corrected chi connectivity index (χ3v) is 14.1. The first kappa shape index (κ1) is 77.5. The van der Waals surface area contributed by atoms with Crippen molar-refractivity contribution in [2.45, 2.75) is 206 Å². The van der Waals surface area contributed by atoms with Crippen LogP contribution in [0.5, 0.6) is 0 Å². The van der Waals surface area contributed by atoms with E-state index in [1.54, 1.807) is 0 Å². The Balaban J connectivity index is -0.00000107. The molecule has 12 atom stereocenters. The molecule has 0 aromatic heterocycles. The van der Waals surface area contributed by atoms with E-state index in [4.69, 9.17) is 51.9 Å². The number of hydrogen-bond acceptors (Lipinski definition) is 12. The van der Waals surface area contributed by atoms with Gasteiger partial charge in [-0.05, 0) is 102 Å². The monoisotopic (exact) mass is 1170 g/mol. The summed E-state index contributed by atoms with van der Waals surface area (Å²) in [5.41, 5.74) is 0. The van der Waals surface area contributed by atoms with Crippen LogP contribution in [0.4, 0.5) is 0 Å². The van der Waals surface area contributed by atoms with Crippen LogP contribution in [0.1, 0.15) is 157 Å². The van der Waals surface area contributed by atoms with Crippen LogP contribution in [0, 0.1) is 35.5 Å². The molecule has 6 fully saturated rings. The maximum atomic E-state index is 11.1. The fraction of sp³-hybridized carbons (Fsp3) is 0.963. The van der Waals surface area contributed by atoms with Gasteiger partial charge in [-0.15, -0.1) is 50.3 Å². The minimum Gasteiger partial charge on any atom is -0.658 e. The molecule has 0 spiro atoms. The molecule has 4 saturated heterocycles. The predicted octanol–water partition coefficient (Wildman–Crippen LogP) is 7.13. The summed E-state index contributed by atoms with van der Waals surface area (Å²) >= 11 is 0. The van der Waals surface area contributed by atoms with Gasteiger partial charge in [-0.3, -0.25) is 9.98 Å². The molecule has 446 valence electrons. The smallest absolute Gasteiger partial charge is 0.148 e. The topological polar surface area (TPSA) is 249 Å². The number of aliphatic hydroxyl groups is 8. The van der Waals surface area contributed by atoms with E-state index >= 15 is 0 Å². The number of aliphatic hydroxyl groups excluding tert-OH is 6. The zero-order chi connectivity index (χ0) is 52.1. The second kappa shape index (κ2) is 49.3. The maximum absolute atomic E-state index is 11.1. The van der Waals surface area contributed by atoms with Crippen LogP contribution in [-0.2, 0) is 49.5 Å². The van der Waals surface area contributed by atoms with Gasteiger partial charge in [0.1, 0.15) is 12.6 Å². The van der Waals surface area contributed by atoms with Gasteiger partial charge in [-0.2, -0.15) is 0 Å². The summed E-state index contributed by atoms with van der Waals surface area (Å²) < 4.78 is 0. The van der Waals surface area contributed by atoms with E-state index in [2.05, 4.69) is 59.9 Å². The summed E-state index contributed by atoms with van der Waals surface area (Å²) in [7, 11) is 2.00. The summed E-state index contributed by atoms with van der Waals surface area (Å²) in [6.45, 7) is 23.6. The van der Waals surface area contributed by atoms with Crippen LogP contribution < -0.4 is 0 Å². The standard InChI is InChI=1S/2C24H44N4O.2C2H6O2.2CH4O.3Ni/c2*1-3-10-25-15-20-13-19(2)14-21(24(20)29)16-28(17-22-8-4-6-11-26-22)18-23-9-5-7-12-27-23;2*1-2(3)4;2*1-2;;;/h2*15,19-24,29H,3-14,16-18H2,1-2H3;2*2-4H,1H3;2*2H,1H3;;;/q2*-2;;;;;;;. The van der Waals surface area contributed by atoms with Crippen molar-refractivity contribution in [1.29, 1.82) is 0 Å². The quantitative estimate of drug-likeness (QED) is 0.0392. The van der Waals surface area contributed by atoms with E-state index in [9.17, 15) is 10.2 Å². The van der Waals surface area contributed by atoms with Crippen molar-refractivity contribution in [2.75, 3.05) is 92.8 Å². The van der Waals surface area contributed by atoms with Crippen LogP contribution in [0.3, 0.4) is 0 Å². The Kier molecular flexibility index (Phi) is 52.3. The summed E-state index contributed by atoms with van der Waals surface area (Å²) in [6, 6.07) is 1.92. The molecule has 8 N–H and O–H groups in total. The van der Waals surface area contributed by atoms with Gasteiger partial charge in [0.2, 0.25) is 0 Å². The first-order chi connectivity index (χ1) is 33.8. The van der Waals surface area contributed by atoms with E-state index in [1.807, 2.05) is 0 Å². The van der Waals surface area contributed by atoms with Crippen LogP contribution in [0.15, 0.2) is 9.98 Å². The molecule has 0 radical (unpaired) electrons. The summed E-state index contributed by atoms with van der Waals surface area (Å²) in [5.74, 6) is 2.42. The Morgan fingerprint density at radius 2 is 0.726 bits per heavy atom. The largest absolute Gasteiger partial charge is 0.658 e. The average Bonchev–Trinajstić information content (AvgIpc) is 3.34. The second-order valence-electron chi connectivity index (χ2n) is 21.0. The summed E-state index contributed by atoms with van der Waals surface area (Å²) in [5, 5.41) is 86.3. The molecule has 0 amide bonds. The van der Waals surface area contributed by atoms with Crippen molar-refractivity contribution in [3.63, 3.8) is 0 Å². The van der Waals surface area contributed by atoms with Crippen LogP contribution in [0.2, 0.25) is 0 Å². The molecule has 12 unspecified atom stereocenters. The van der Waals surface area contributed by atoms with Crippen molar-refractivity contribution < 1.29 is 90.3 Å². The molecule has 16 nitrogen and oxygen atoms in total. The number of nitrogens with zero attached hydrogens (tertiary/aromatic N) is 8. The first-order valence-corrected chi connectivity index (χ1v) is 27.9. The number of aliphatic imine (C=N–C) groups is 2. The minimum atomic E-state index is -1.17. The van der Waals surface area contributed by atoms with E-state index in [0.717, 1.165) is 131 Å². The molecule has 6 rings (SSSR count). The number of rotatable bonds is 18. The molecule has 0 aromatic rings. The molecule has 2 aliphatic carbocycles. The molecular weight excluding hydrogens is 1060 g/mol. The predicted molar refractivity (Wildman–Crippen MR) is 290 cm³/mol. The average molecular weight is 1170 g/mol. The Morgan fingerprint density at radius 1 is 0.466 bits per heavy atom. The van der Waals surface area contributed by atoms with E-state index in [-0.39, 0.29) is 73.5 Å². The SMILES string of the molecule is CC(O)O.CC(O)O.CCCN=CC1CC(C)CC(CN(CC2CCCC[N-]2)CC2CCCC[N-]2)C1O.CCCN=CC1CC(C)CC(CN(CC2CCCC[N-]2)CC2CCCC[N-]2)C1O.CO.CO.[Ni].[Ni].[Ni]. The molecule has 6 aliphatic rings. The fourth-order valence-electron chi connectivity index (χ4n) is 11.1. The Morgan fingerprint density at radius 3 is 0.945 bits per heavy atom. The van der Waals surface area contributed by atoms with E-state index in [1.165, 1.54) is 90.9 Å². The molecule has 2 saturated carbocycles. The summed E-state index contributed by atoms with van der Waals surface area (Å²) in [4.78, 5) is 14.4. The van der Waals surface area contributed by atoms with Crippen LogP contribution >= 0.6 is 0 Å². The summed E-state index contributed by atoms with van der Waals surface area (Å²) in [6.07, 6.45) is 23.0. The molecule has 4 aliphatic heterocycles. The Hall–Kier alpha value is 0.261. The van der Waals surface area contributed by atoms with Gasteiger partial charge in [-0.1, -0.05) is 105 Å². The molecule has 0 bridgehead atoms. The van der Waals surface area contributed by atoms with E-state index < -0.39 is 12.6 Å². The Labute approximate surface area is 475 Å². The van der Waals surface area contributed by atoms with Crippen molar-refractivity contribution in [3.05, 3.63) is 21.3 Å². The normalized spacial score (nSPS) is 30.3. The minimum absolute atomic E-state index is 0. The van der Waals surface area contributed by atoms with Crippen molar-refractivity contribution in [2.24, 2.45) is 45.5 Å².